The summed E-state index contributed by atoms with van der Waals surface area (Å²) in [4.78, 5) is 30.6. The van der Waals surface area contributed by atoms with Crippen molar-refractivity contribution in [2.45, 2.75) is 38.8 Å². The van der Waals surface area contributed by atoms with Crippen LogP contribution in [0.15, 0.2) is 33.9 Å². The molecule has 2 atom stereocenters. The Balaban J connectivity index is 1.96. The number of benzene rings is 1. The van der Waals surface area contributed by atoms with Gasteiger partial charge in [-0.05, 0) is 25.0 Å². The molecular formula is C19H23N4O3+. The minimum Gasteiger partial charge on any atom is -0.494 e. The number of aromatic hydroxyl groups is 1. The van der Waals surface area contributed by atoms with Crippen LogP contribution < -0.4 is 16.6 Å². The van der Waals surface area contributed by atoms with Crippen molar-refractivity contribution < 1.29 is 10.4 Å². The van der Waals surface area contributed by atoms with Crippen LogP contribution in [0.4, 0.5) is 0 Å². The number of aromatic nitrogens is 3. The van der Waals surface area contributed by atoms with Gasteiger partial charge in [-0.2, -0.15) is 0 Å². The van der Waals surface area contributed by atoms with Crippen molar-refractivity contribution in [3.8, 4) is 5.88 Å². The number of fused-ring (bicyclic) bond motifs is 3. The maximum absolute atomic E-state index is 12.6. The smallest absolute Gasteiger partial charge is 0.331 e. The van der Waals surface area contributed by atoms with Crippen LogP contribution in [-0.2, 0) is 6.42 Å². The second-order valence-corrected chi connectivity index (χ2v) is 6.94. The van der Waals surface area contributed by atoms with Crippen molar-refractivity contribution in [3.05, 3.63) is 61.9 Å². The Kier molecular flexibility index (Phi) is 3.96. The maximum Gasteiger partial charge on any atom is 0.331 e. The fraction of sp³-hybridized carbons (Fsp3) is 0.368. The number of para-hydroxylation sites is 1. The summed E-state index contributed by atoms with van der Waals surface area (Å²) in [5.41, 5.74) is 2.25. The molecule has 136 valence electrons. The number of aromatic amines is 2. The molecule has 4 rings (SSSR count). The zero-order valence-electron chi connectivity index (χ0n) is 14.9. The van der Waals surface area contributed by atoms with Gasteiger partial charge in [0, 0.05) is 23.4 Å². The zero-order valence-corrected chi connectivity index (χ0v) is 14.9. The van der Waals surface area contributed by atoms with E-state index in [2.05, 4.69) is 16.0 Å². The zero-order chi connectivity index (χ0) is 18.4. The summed E-state index contributed by atoms with van der Waals surface area (Å²) in [5.74, 6) is -0.235. The number of hydrogen-bond donors (Lipinski definition) is 4. The Hall–Kier alpha value is -2.80. The Morgan fingerprint density at radius 1 is 1.31 bits per heavy atom. The summed E-state index contributed by atoms with van der Waals surface area (Å²) >= 11 is 0. The van der Waals surface area contributed by atoms with Gasteiger partial charge in [-0.25, -0.2) is 4.79 Å². The van der Waals surface area contributed by atoms with Crippen molar-refractivity contribution >= 4 is 10.9 Å². The molecule has 0 fully saturated rings. The van der Waals surface area contributed by atoms with E-state index in [0.29, 0.717) is 6.42 Å². The quantitative estimate of drug-likeness (QED) is 0.561. The average Bonchev–Trinajstić information content (AvgIpc) is 3.00. The number of quaternary nitrogens is 1. The van der Waals surface area contributed by atoms with Crippen LogP contribution in [0.5, 0.6) is 5.88 Å². The van der Waals surface area contributed by atoms with Gasteiger partial charge < -0.3 is 15.4 Å². The second kappa shape index (κ2) is 6.17. The van der Waals surface area contributed by atoms with Gasteiger partial charge in [0.2, 0.25) is 5.88 Å². The van der Waals surface area contributed by atoms with Gasteiger partial charge in [-0.1, -0.05) is 25.1 Å². The predicted octanol–water partition coefficient (Wildman–Crippen LogP) is 0.903. The first kappa shape index (κ1) is 16.7. The lowest BCUT2D eigenvalue weighted by molar-refractivity contribution is -0.690. The lowest BCUT2D eigenvalue weighted by Crippen LogP contribution is -2.87. The topological polar surface area (TPSA) is 107 Å². The number of nitrogens with one attached hydrogen (secondary N) is 2. The van der Waals surface area contributed by atoms with Crippen molar-refractivity contribution in [1.82, 2.24) is 14.5 Å². The number of nitrogens with zero attached hydrogens (tertiary/aromatic N) is 1. The van der Waals surface area contributed by atoms with Crippen LogP contribution in [0.25, 0.3) is 10.9 Å². The van der Waals surface area contributed by atoms with E-state index in [1.54, 1.807) is 0 Å². The lowest BCUT2D eigenvalue weighted by atomic mass is 9.95. The number of nitrogens with two attached hydrogens (primary N) is 1. The van der Waals surface area contributed by atoms with E-state index in [4.69, 9.17) is 0 Å². The minimum absolute atomic E-state index is 0.205. The van der Waals surface area contributed by atoms with E-state index in [-0.39, 0.29) is 23.5 Å². The number of rotatable bonds is 3. The SMILES string of the molecule is CC[C@@H](C)n1c(O)c([C@H]2[NH2+]CCc3c2[nH]c2ccccc32)c(=O)[nH]c1=O. The lowest BCUT2D eigenvalue weighted by Gasteiger charge is -2.23. The van der Waals surface area contributed by atoms with Gasteiger partial charge in [0.05, 0.1) is 12.2 Å². The Morgan fingerprint density at radius 3 is 2.85 bits per heavy atom. The Labute approximate surface area is 149 Å². The summed E-state index contributed by atoms with van der Waals surface area (Å²) in [7, 11) is 0. The first-order valence-corrected chi connectivity index (χ1v) is 9.03. The molecule has 2 aromatic heterocycles. The molecule has 1 aliphatic rings. The summed E-state index contributed by atoms with van der Waals surface area (Å²) in [6.07, 6.45) is 1.56. The van der Waals surface area contributed by atoms with Gasteiger partial charge in [-0.15, -0.1) is 0 Å². The summed E-state index contributed by atoms with van der Waals surface area (Å²) < 4.78 is 1.28. The Morgan fingerprint density at radius 2 is 2.08 bits per heavy atom. The minimum atomic E-state index is -0.571. The van der Waals surface area contributed by atoms with Crippen LogP contribution in [0, 0.1) is 0 Å². The third-order valence-corrected chi connectivity index (χ3v) is 5.45. The molecule has 0 aliphatic carbocycles. The molecule has 0 saturated heterocycles. The van der Waals surface area contributed by atoms with Gasteiger partial charge in [0.1, 0.15) is 5.56 Å². The molecule has 0 saturated carbocycles. The standard InChI is InChI=1S/C19H22N4O3/c1-3-10(2)23-18(25)14(17(24)22-19(23)26)16-15-12(8-9-20-16)11-6-4-5-7-13(11)21-15/h4-7,10,16,20-21,25H,3,8-9H2,1-2H3,(H,22,24,26)/p+1/t10-,16-/m1/s1. The second-order valence-electron chi connectivity index (χ2n) is 6.94. The van der Waals surface area contributed by atoms with Crippen LogP contribution in [0.2, 0.25) is 0 Å². The molecule has 26 heavy (non-hydrogen) atoms. The van der Waals surface area contributed by atoms with Gasteiger partial charge in [-0.3, -0.25) is 14.3 Å². The van der Waals surface area contributed by atoms with E-state index in [1.165, 1.54) is 10.1 Å². The Bertz CT molecular complexity index is 1090. The molecule has 3 aromatic rings. The van der Waals surface area contributed by atoms with Crippen molar-refractivity contribution in [2.24, 2.45) is 0 Å². The monoisotopic (exact) mass is 355 g/mol. The van der Waals surface area contributed by atoms with Crippen LogP contribution >= 0.6 is 0 Å². The first-order valence-electron chi connectivity index (χ1n) is 9.03. The molecule has 0 unspecified atom stereocenters. The largest absolute Gasteiger partial charge is 0.494 e. The van der Waals surface area contributed by atoms with E-state index >= 15 is 0 Å². The van der Waals surface area contributed by atoms with Gasteiger partial charge >= 0.3 is 5.69 Å². The van der Waals surface area contributed by atoms with E-state index < -0.39 is 11.2 Å². The van der Waals surface area contributed by atoms with E-state index in [1.807, 2.05) is 37.4 Å². The average molecular weight is 355 g/mol. The maximum atomic E-state index is 12.6. The molecule has 3 heterocycles. The molecule has 7 nitrogen and oxygen atoms in total. The van der Waals surface area contributed by atoms with Gasteiger partial charge in [0.25, 0.3) is 5.56 Å². The van der Waals surface area contributed by atoms with Crippen molar-refractivity contribution in [3.63, 3.8) is 0 Å². The normalized spacial score (nSPS) is 18.0. The molecule has 0 radical (unpaired) electrons. The molecular weight excluding hydrogens is 332 g/mol. The van der Waals surface area contributed by atoms with Crippen LogP contribution in [0.1, 0.15) is 49.2 Å². The summed E-state index contributed by atoms with van der Waals surface area (Å²) in [6.45, 7) is 4.59. The van der Waals surface area contributed by atoms with Crippen LogP contribution in [0.3, 0.4) is 0 Å². The van der Waals surface area contributed by atoms with Crippen molar-refractivity contribution in [1.29, 1.82) is 0 Å². The molecule has 0 spiro atoms. The van der Waals surface area contributed by atoms with E-state index in [9.17, 15) is 14.7 Å². The first-order chi connectivity index (χ1) is 12.5. The highest BCUT2D eigenvalue weighted by Gasteiger charge is 2.34. The highest BCUT2D eigenvalue weighted by atomic mass is 16.3. The number of H-pyrrole nitrogens is 2. The third-order valence-electron chi connectivity index (χ3n) is 5.45. The predicted molar refractivity (Wildman–Crippen MR) is 98.6 cm³/mol. The summed E-state index contributed by atoms with van der Waals surface area (Å²) in [6, 6.07) is 7.47. The molecule has 0 bridgehead atoms. The fourth-order valence-corrected chi connectivity index (χ4v) is 3.95. The molecule has 5 N–H and O–H groups in total. The number of hydrogen-bond acceptors (Lipinski definition) is 3. The van der Waals surface area contributed by atoms with Crippen molar-refractivity contribution in [2.75, 3.05) is 6.54 Å². The van der Waals surface area contributed by atoms with E-state index in [0.717, 1.165) is 29.6 Å². The summed E-state index contributed by atoms with van der Waals surface area (Å²) in [5, 5.41) is 14.0. The molecule has 0 amide bonds. The molecule has 1 aromatic carbocycles. The molecule has 7 heteroatoms. The fourth-order valence-electron chi connectivity index (χ4n) is 3.95. The highest BCUT2D eigenvalue weighted by molar-refractivity contribution is 5.85. The van der Waals surface area contributed by atoms with Crippen LogP contribution in [-0.4, -0.2) is 26.2 Å². The van der Waals surface area contributed by atoms with Gasteiger partial charge in [0.15, 0.2) is 6.04 Å². The molecule has 1 aliphatic heterocycles. The third kappa shape index (κ3) is 2.39. The highest BCUT2D eigenvalue weighted by Crippen LogP contribution is 2.32.